The average molecular weight is 423 g/mol. The van der Waals surface area contributed by atoms with Gasteiger partial charge in [-0.3, -0.25) is 19.5 Å². The molecule has 2 N–H and O–H groups in total. The third-order valence-electron chi connectivity index (χ3n) is 4.92. The van der Waals surface area contributed by atoms with Gasteiger partial charge in [0.05, 0.1) is 10.6 Å². The molecule has 0 saturated heterocycles. The molecular weight excluding hydrogens is 396 g/mol. The van der Waals surface area contributed by atoms with Crippen molar-refractivity contribution in [3.05, 3.63) is 20.8 Å². The van der Waals surface area contributed by atoms with E-state index in [1.54, 1.807) is 29.8 Å². The number of amides is 3. The number of fused-ring (bicyclic) bond motifs is 3. The SMILES string of the molecule is CCNC(=O)NC(=O)C(C)Sc1nc2sc3c(c2c(=O)n1CC)CCC(C)C3. The highest BCUT2D eigenvalue weighted by molar-refractivity contribution is 8.00. The van der Waals surface area contributed by atoms with Crippen molar-refractivity contribution in [1.82, 2.24) is 20.2 Å². The Kier molecular flexibility index (Phi) is 6.44. The van der Waals surface area contributed by atoms with Crippen molar-refractivity contribution in [2.24, 2.45) is 5.92 Å². The van der Waals surface area contributed by atoms with Crippen LogP contribution >= 0.6 is 23.1 Å². The van der Waals surface area contributed by atoms with Gasteiger partial charge in [-0.05, 0) is 51.5 Å². The number of thioether (sulfide) groups is 1. The van der Waals surface area contributed by atoms with Gasteiger partial charge in [-0.2, -0.15) is 0 Å². The first-order chi connectivity index (χ1) is 13.3. The molecule has 9 heteroatoms. The first kappa shape index (κ1) is 20.9. The van der Waals surface area contributed by atoms with Crippen molar-refractivity contribution in [2.75, 3.05) is 6.54 Å². The Morgan fingerprint density at radius 1 is 1.39 bits per heavy atom. The van der Waals surface area contributed by atoms with Gasteiger partial charge < -0.3 is 5.32 Å². The molecule has 0 fully saturated rings. The summed E-state index contributed by atoms with van der Waals surface area (Å²) in [6, 6.07) is -0.517. The Morgan fingerprint density at radius 2 is 2.14 bits per heavy atom. The molecule has 0 saturated carbocycles. The molecule has 0 bridgehead atoms. The highest BCUT2D eigenvalue weighted by atomic mass is 32.2. The first-order valence-corrected chi connectivity index (χ1v) is 11.4. The predicted octanol–water partition coefficient (Wildman–Crippen LogP) is 2.93. The number of hydrogen-bond acceptors (Lipinski definition) is 6. The fourth-order valence-corrected chi connectivity index (χ4v) is 5.80. The van der Waals surface area contributed by atoms with Gasteiger partial charge in [-0.15, -0.1) is 11.3 Å². The number of aromatic nitrogens is 2. The standard InChI is InChI=1S/C19H26N4O3S2/c1-5-20-18(26)21-15(24)11(4)27-19-22-16-14(17(25)23(19)6-2)12-8-7-10(3)9-13(12)28-16/h10-11H,5-9H2,1-4H3,(H2,20,21,24,26). The Balaban J connectivity index is 1.92. The second kappa shape index (κ2) is 8.65. The van der Waals surface area contributed by atoms with Crippen molar-refractivity contribution in [2.45, 2.75) is 63.9 Å². The number of carbonyl (C=O) groups is 2. The Morgan fingerprint density at radius 3 is 2.82 bits per heavy atom. The summed E-state index contributed by atoms with van der Waals surface area (Å²) in [5.41, 5.74) is 1.13. The maximum atomic E-state index is 13.2. The molecule has 1 aliphatic rings. The van der Waals surface area contributed by atoms with E-state index in [-0.39, 0.29) is 5.56 Å². The lowest BCUT2D eigenvalue weighted by Crippen LogP contribution is -2.42. The van der Waals surface area contributed by atoms with Gasteiger partial charge >= 0.3 is 6.03 Å². The number of rotatable bonds is 5. The van der Waals surface area contributed by atoms with E-state index in [1.807, 2.05) is 6.92 Å². The molecule has 2 aromatic heterocycles. The highest BCUT2D eigenvalue weighted by Gasteiger charge is 2.26. The van der Waals surface area contributed by atoms with E-state index in [4.69, 9.17) is 4.98 Å². The summed E-state index contributed by atoms with van der Waals surface area (Å²) in [5.74, 6) is 0.216. The summed E-state index contributed by atoms with van der Waals surface area (Å²) in [6.07, 6.45) is 3.02. The van der Waals surface area contributed by atoms with Crippen LogP contribution in [-0.2, 0) is 24.2 Å². The molecule has 152 valence electrons. The van der Waals surface area contributed by atoms with E-state index in [0.717, 1.165) is 35.0 Å². The van der Waals surface area contributed by atoms with Crippen molar-refractivity contribution in [1.29, 1.82) is 0 Å². The summed E-state index contributed by atoms with van der Waals surface area (Å²) >= 11 is 2.81. The molecule has 28 heavy (non-hydrogen) atoms. The van der Waals surface area contributed by atoms with Crippen LogP contribution in [0.5, 0.6) is 0 Å². The van der Waals surface area contributed by atoms with Crippen molar-refractivity contribution < 1.29 is 9.59 Å². The topological polar surface area (TPSA) is 93.1 Å². The molecule has 1 aliphatic carbocycles. The molecule has 2 unspecified atom stereocenters. The van der Waals surface area contributed by atoms with Gasteiger partial charge in [0, 0.05) is 18.0 Å². The van der Waals surface area contributed by atoms with Gasteiger partial charge in [0.15, 0.2) is 5.16 Å². The maximum absolute atomic E-state index is 13.2. The molecule has 3 rings (SSSR count). The van der Waals surface area contributed by atoms with Crippen molar-refractivity contribution in [3.8, 4) is 0 Å². The normalized spacial score (nSPS) is 17.2. The molecule has 2 atom stereocenters. The number of urea groups is 1. The first-order valence-electron chi connectivity index (χ1n) is 9.66. The van der Waals surface area contributed by atoms with Crippen LogP contribution in [0.25, 0.3) is 10.2 Å². The number of nitrogens with zero attached hydrogens (tertiary/aromatic N) is 2. The second-order valence-corrected chi connectivity index (χ2v) is 9.48. The van der Waals surface area contributed by atoms with Gasteiger partial charge in [0.2, 0.25) is 5.91 Å². The van der Waals surface area contributed by atoms with Crippen LogP contribution in [0.2, 0.25) is 0 Å². The summed E-state index contributed by atoms with van der Waals surface area (Å²) in [7, 11) is 0. The quantitative estimate of drug-likeness (QED) is 0.571. The number of carbonyl (C=O) groups excluding carboxylic acids is 2. The van der Waals surface area contributed by atoms with Crippen LogP contribution < -0.4 is 16.2 Å². The third-order valence-corrected chi connectivity index (χ3v) is 7.16. The highest BCUT2D eigenvalue weighted by Crippen LogP contribution is 2.36. The summed E-state index contributed by atoms with van der Waals surface area (Å²) in [5, 5.41) is 5.56. The van der Waals surface area contributed by atoms with Crippen molar-refractivity contribution >= 4 is 45.3 Å². The zero-order chi connectivity index (χ0) is 20.4. The van der Waals surface area contributed by atoms with Gasteiger partial charge in [-0.25, -0.2) is 9.78 Å². The fourth-order valence-electron chi connectivity index (χ4n) is 3.40. The maximum Gasteiger partial charge on any atom is 0.321 e. The molecule has 2 aromatic rings. The lowest BCUT2D eigenvalue weighted by Gasteiger charge is -2.18. The van der Waals surface area contributed by atoms with Gasteiger partial charge in [0.25, 0.3) is 5.56 Å². The molecule has 0 aromatic carbocycles. The molecular formula is C19H26N4O3S2. The molecule has 3 amide bonds. The number of nitrogens with one attached hydrogen (secondary N) is 2. The van der Waals surface area contributed by atoms with E-state index in [9.17, 15) is 14.4 Å². The van der Waals surface area contributed by atoms with E-state index in [2.05, 4.69) is 17.6 Å². The lowest BCUT2D eigenvalue weighted by molar-refractivity contribution is -0.119. The van der Waals surface area contributed by atoms with Crippen LogP contribution in [0, 0.1) is 5.92 Å². The molecule has 7 nitrogen and oxygen atoms in total. The predicted molar refractivity (Wildman–Crippen MR) is 113 cm³/mol. The van der Waals surface area contributed by atoms with Gasteiger partial charge in [0.1, 0.15) is 4.83 Å². The number of aryl methyl sites for hydroxylation is 1. The fraction of sp³-hybridized carbons (Fsp3) is 0.579. The largest absolute Gasteiger partial charge is 0.338 e. The zero-order valence-corrected chi connectivity index (χ0v) is 18.3. The molecule has 0 aliphatic heterocycles. The third kappa shape index (κ3) is 4.10. The number of imide groups is 1. The van der Waals surface area contributed by atoms with Crippen LogP contribution in [-0.4, -0.2) is 33.3 Å². The zero-order valence-electron chi connectivity index (χ0n) is 16.6. The number of hydrogen-bond donors (Lipinski definition) is 2. The molecule has 0 spiro atoms. The van der Waals surface area contributed by atoms with Crippen LogP contribution in [0.1, 0.15) is 44.6 Å². The minimum atomic E-state index is -0.556. The van der Waals surface area contributed by atoms with E-state index < -0.39 is 17.2 Å². The monoisotopic (exact) mass is 422 g/mol. The minimum Gasteiger partial charge on any atom is -0.338 e. The van der Waals surface area contributed by atoms with Crippen LogP contribution in [0.3, 0.4) is 0 Å². The van der Waals surface area contributed by atoms with Crippen molar-refractivity contribution in [3.63, 3.8) is 0 Å². The minimum absolute atomic E-state index is 0.0293. The molecule has 0 radical (unpaired) electrons. The Bertz CT molecular complexity index is 966. The van der Waals surface area contributed by atoms with E-state index >= 15 is 0 Å². The average Bonchev–Trinajstić information content (AvgIpc) is 2.99. The van der Waals surface area contributed by atoms with E-state index in [0.29, 0.717) is 24.2 Å². The summed E-state index contributed by atoms with van der Waals surface area (Å²) < 4.78 is 1.63. The number of thiophene rings is 1. The Labute approximate surface area is 172 Å². The second-order valence-electron chi connectivity index (χ2n) is 7.08. The van der Waals surface area contributed by atoms with E-state index in [1.165, 1.54) is 16.6 Å². The lowest BCUT2D eigenvalue weighted by atomic mass is 9.89. The summed E-state index contributed by atoms with van der Waals surface area (Å²) in [4.78, 5) is 43.8. The smallest absolute Gasteiger partial charge is 0.321 e. The van der Waals surface area contributed by atoms with Crippen LogP contribution in [0.4, 0.5) is 4.79 Å². The summed E-state index contributed by atoms with van der Waals surface area (Å²) in [6.45, 7) is 8.55. The van der Waals surface area contributed by atoms with Gasteiger partial charge in [-0.1, -0.05) is 18.7 Å². The Hall–Kier alpha value is -1.87. The molecule has 2 heterocycles. The van der Waals surface area contributed by atoms with Crippen LogP contribution in [0.15, 0.2) is 9.95 Å².